The predicted molar refractivity (Wildman–Crippen MR) is 113 cm³/mol. The lowest BCUT2D eigenvalue weighted by atomic mass is 9.95. The van der Waals surface area contributed by atoms with Crippen molar-refractivity contribution in [3.8, 4) is 0 Å². The molecule has 2 aromatic rings. The Morgan fingerprint density at radius 3 is 2.07 bits per heavy atom. The SMILES string of the molecule is Cc1ccc(S(=O)(=O)Nc2ccc(NN)c(C3CCCC3)c2)cc1.O=C(O)C(=O)O. The molecule has 30 heavy (non-hydrogen) atoms. The Bertz CT molecular complexity index is 988. The van der Waals surface area contributed by atoms with Crippen molar-refractivity contribution in [3.63, 3.8) is 0 Å². The minimum Gasteiger partial charge on any atom is -0.473 e. The molecule has 1 aliphatic carbocycles. The molecule has 10 heteroatoms. The Balaban J connectivity index is 0.000000469. The third-order valence-corrected chi connectivity index (χ3v) is 6.17. The summed E-state index contributed by atoms with van der Waals surface area (Å²) in [6.07, 6.45) is 4.63. The zero-order chi connectivity index (χ0) is 22.3. The maximum atomic E-state index is 12.5. The van der Waals surface area contributed by atoms with Crippen molar-refractivity contribution < 1.29 is 28.2 Å². The van der Waals surface area contributed by atoms with Gasteiger partial charge in [-0.25, -0.2) is 18.0 Å². The van der Waals surface area contributed by atoms with E-state index in [9.17, 15) is 8.42 Å². The number of rotatable bonds is 5. The molecule has 0 bridgehead atoms. The molecular formula is C20H25N3O6S. The van der Waals surface area contributed by atoms with E-state index in [-0.39, 0.29) is 4.90 Å². The molecule has 1 aliphatic rings. The molecule has 0 aliphatic heterocycles. The van der Waals surface area contributed by atoms with E-state index in [0.717, 1.165) is 29.7 Å². The summed E-state index contributed by atoms with van der Waals surface area (Å²) in [7, 11) is -3.59. The highest BCUT2D eigenvalue weighted by Crippen LogP contribution is 2.39. The fourth-order valence-corrected chi connectivity index (χ4v) is 4.31. The van der Waals surface area contributed by atoms with Crippen LogP contribution in [0, 0.1) is 6.92 Å². The molecular weight excluding hydrogens is 410 g/mol. The second-order valence-electron chi connectivity index (χ2n) is 6.96. The molecule has 0 atom stereocenters. The van der Waals surface area contributed by atoms with Gasteiger partial charge in [0.05, 0.1) is 10.6 Å². The first-order valence-corrected chi connectivity index (χ1v) is 10.8. The van der Waals surface area contributed by atoms with Gasteiger partial charge in [0.15, 0.2) is 0 Å². The summed E-state index contributed by atoms with van der Waals surface area (Å²) in [4.78, 5) is 18.5. The number of sulfonamides is 1. The Morgan fingerprint density at radius 2 is 1.57 bits per heavy atom. The summed E-state index contributed by atoms with van der Waals surface area (Å²) in [5.41, 5.74) is 6.26. The summed E-state index contributed by atoms with van der Waals surface area (Å²) in [5.74, 6) is 2.39. The minimum absolute atomic E-state index is 0.261. The number of carboxylic acid groups (broad SMARTS) is 2. The molecule has 0 saturated heterocycles. The quantitative estimate of drug-likeness (QED) is 0.272. The Kier molecular flexibility index (Phi) is 7.79. The molecule has 2 aromatic carbocycles. The first-order valence-electron chi connectivity index (χ1n) is 9.30. The maximum absolute atomic E-state index is 12.5. The number of nitrogen functional groups attached to an aromatic ring is 1. The van der Waals surface area contributed by atoms with E-state index in [1.807, 2.05) is 19.1 Å². The van der Waals surface area contributed by atoms with Gasteiger partial charge in [0, 0.05) is 5.69 Å². The lowest BCUT2D eigenvalue weighted by Crippen LogP contribution is -2.15. The Morgan fingerprint density at radius 1 is 1.00 bits per heavy atom. The van der Waals surface area contributed by atoms with Gasteiger partial charge in [-0.15, -0.1) is 0 Å². The van der Waals surface area contributed by atoms with Crippen LogP contribution in [0.2, 0.25) is 0 Å². The number of anilines is 2. The number of hydrogen-bond donors (Lipinski definition) is 5. The van der Waals surface area contributed by atoms with Crippen molar-refractivity contribution in [2.45, 2.75) is 43.4 Å². The number of hydrogen-bond acceptors (Lipinski definition) is 6. The number of aryl methyl sites for hydroxylation is 1. The van der Waals surface area contributed by atoms with Crippen molar-refractivity contribution in [2.75, 3.05) is 10.1 Å². The standard InChI is InChI=1S/C18H23N3O2S.C2H2O4/c1-13-6-9-16(10-7-13)24(22,23)21-15-8-11-18(20-19)17(12-15)14-4-2-3-5-14;3-1(4)2(5)6/h6-12,14,20-21H,2-5,19H2,1H3;(H,3,4)(H,5,6). The van der Waals surface area contributed by atoms with Crippen LogP contribution >= 0.6 is 0 Å². The predicted octanol–water partition coefficient (Wildman–Crippen LogP) is 2.89. The smallest absolute Gasteiger partial charge is 0.414 e. The number of carbonyl (C=O) groups is 2. The van der Waals surface area contributed by atoms with Crippen LogP contribution in [-0.4, -0.2) is 30.6 Å². The average molecular weight is 436 g/mol. The Labute approximate surface area is 174 Å². The largest absolute Gasteiger partial charge is 0.473 e. The van der Waals surface area contributed by atoms with Crippen LogP contribution in [-0.2, 0) is 19.6 Å². The lowest BCUT2D eigenvalue weighted by Gasteiger charge is -2.17. The molecule has 0 heterocycles. The maximum Gasteiger partial charge on any atom is 0.414 e. The first kappa shape index (κ1) is 23.2. The molecule has 0 radical (unpaired) electrons. The zero-order valence-corrected chi connectivity index (χ0v) is 17.3. The molecule has 6 N–H and O–H groups in total. The summed E-state index contributed by atoms with van der Waals surface area (Å²) < 4.78 is 27.8. The zero-order valence-electron chi connectivity index (χ0n) is 16.5. The highest BCUT2D eigenvalue weighted by Gasteiger charge is 2.21. The van der Waals surface area contributed by atoms with Crippen LogP contribution in [0.5, 0.6) is 0 Å². The summed E-state index contributed by atoms with van der Waals surface area (Å²) in [6, 6.07) is 12.3. The number of hydrazine groups is 1. The van der Waals surface area contributed by atoms with Gasteiger partial charge in [-0.05, 0) is 61.6 Å². The minimum atomic E-state index is -3.59. The van der Waals surface area contributed by atoms with Gasteiger partial charge in [0.1, 0.15) is 0 Å². The van der Waals surface area contributed by atoms with E-state index >= 15 is 0 Å². The van der Waals surface area contributed by atoms with E-state index in [1.54, 1.807) is 30.3 Å². The normalized spacial score (nSPS) is 13.8. The van der Waals surface area contributed by atoms with Gasteiger partial charge in [-0.1, -0.05) is 30.5 Å². The highest BCUT2D eigenvalue weighted by molar-refractivity contribution is 7.92. The van der Waals surface area contributed by atoms with Crippen molar-refractivity contribution in [2.24, 2.45) is 5.84 Å². The van der Waals surface area contributed by atoms with Gasteiger partial charge in [0.25, 0.3) is 10.0 Å². The van der Waals surface area contributed by atoms with Crippen molar-refractivity contribution in [1.82, 2.24) is 0 Å². The van der Waals surface area contributed by atoms with E-state index in [4.69, 9.17) is 25.6 Å². The molecule has 1 fully saturated rings. The second kappa shape index (κ2) is 10.1. The fraction of sp³-hybridized carbons (Fsp3) is 0.300. The van der Waals surface area contributed by atoms with Crippen LogP contribution in [0.25, 0.3) is 0 Å². The highest BCUT2D eigenvalue weighted by atomic mass is 32.2. The summed E-state index contributed by atoms with van der Waals surface area (Å²) in [5, 5.41) is 14.8. The van der Waals surface area contributed by atoms with Gasteiger partial charge in [0.2, 0.25) is 0 Å². The third kappa shape index (κ3) is 6.19. The first-order chi connectivity index (χ1) is 14.1. The van der Waals surface area contributed by atoms with Gasteiger partial charge in [-0.3, -0.25) is 10.6 Å². The number of aliphatic carboxylic acids is 2. The monoisotopic (exact) mass is 435 g/mol. The molecule has 9 nitrogen and oxygen atoms in total. The van der Waals surface area contributed by atoms with Crippen molar-refractivity contribution in [3.05, 3.63) is 53.6 Å². The molecule has 0 unspecified atom stereocenters. The van der Waals surface area contributed by atoms with E-state index in [2.05, 4.69) is 10.1 Å². The number of nitrogens with two attached hydrogens (primary N) is 1. The lowest BCUT2D eigenvalue weighted by molar-refractivity contribution is -0.159. The molecule has 0 aromatic heterocycles. The molecule has 162 valence electrons. The van der Waals surface area contributed by atoms with Crippen LogP contribution in [0.4, 0.5) is 11.4 Å². The second-order valence-corrected chi connectivity index (χ2v) is 8.64. The van der Waals surface area contributed by atoms with Gasteiger partial charge >= 0.3 is 11.9 Å². The summed E-state index contributed by atoms with van der Waals surface area (Å²) in [6.45, 7) is 1.93. The molecule has 1 saturated carbocycles. The Hall–Kier alpha value is -3.11. The van der Waals surface area contributed by atoms with Gasteiger partial charge < -0.3 is 15.6 Å². The molecule has 0 amide bonds. The van der Waals surface area contributed by atoms with E-state index in [0.29, 0.717) is 11.6 Å². The van der Waals surface area contributed by atoms with Crippen LogP contribution < -0.4 is 16.0 Å². The number of carboxylic acids is 2. The van der Waals surface area contributed by atoms with Crippen molar-refractivity contribution in [1.29, 1.82) is 0 Å². The topological polar surface area (TPSA) is 159 Å². The van der Waals surface area contributed by atoms with Crippen LogP contribution in [0.1, 0.15) is 42.7 Å². The van der Waals surface area contributed by atoms with Gasteiger partial charge in [-0.2, -0.15) is 0 Å². The molecule has 0 spiro atoms. The number of benzene rings is 2. The van der Waals surface area contributed by atoms with E-state index in [1.165, 1.54) is 12.8 Å². The third-order valence-electron chi connectivity index (χ3n) is 4.77. The van der Waals surface area contributed by atoms with Crippen molar-refractivity contribution >= 4 is 33.3 Å². The van der Waals surface area contributed by atoms with Crippen LogP contribution in [0.15, 0.2) is 47.4 Å². The van der Waals surface area contributed by atoms with Crippen LogP contribution in [0.3, 0.4) is 0 Å². The fourth-order valence-electron chi connectivity index (χ4n) is 3.26. The average Bonchev–Trinajstić information content (AvgIpc) is 3.23. The molecule has 3 rings (SSSR count). The summed E-state index contributed by atoms with van der Waals surface area (Å²) >= 11 is 0. The number of nitrogens with one attached hydrogen (secondary N) is 2. The van der Waals surface area contributed by atoms with E-state index < -0.39 is 22.0 Å².